The first-order valence-corrected chi connectivity index (χ1v) is 6.16. The number of aromatic nitrogens is 2. The molecule has 0 atom stereocenters. The summed E-state index contributed by atoms with van der Waals surface area (Å²) in [6.45, 7) is 5.34. The van der Waals surface area contributed by atoms with Crippen LogP contribution < -0.4 is 0 Å². The van der Waals surface area contributed by atoms with Gasteiger partial charge < -0.3 is 9.55 Å². The van der Waals surface area contributed by atoms with E-state index >= 15 is 0 Å². The Bertz CT molecular complexity index is 539. The molecule has 0 aliphatic heterocycles. The van der Waals surface area contributed by atoms with Gasteiger partial charge in [0, 0.05) is 11.0 Å². The standard InChI is InChI=1S/C11H13BrN2S/c1-7(2)6-14-10-5-8(12)3-4-9(10)13-11(14)15/h3-5,7H,6H2,1-2H3,(H,13,15). The minimum atomic E-state index is 0.592. The predicted molar refractivity (Wildman–Crippen MR) is 69.7 cm³/mol. The number of halogens is 1. The van der Waals surface area contributed by atoms with Gasteiger partial charge >= 0.3 is 0 Å². The molecule has 0 amide bonds. The fourth-order valence-electron chi connectivity index (χ4n) is 1.67. The molecule has 0 aliphatic carbocycles. The van der Waals surface area contributed by atoms with Gasteiger partial charge in [0.25, 0.3) is 0 Å². The first kappa shape index (κ1) is 10.9. The van der Waals surface area contributed by atoms with Gasteiger partial charge in [-0.15, -0.1) is 0 Å². The Labute approximate surface area is 102 Å². The molecule has 2 rings (SSSR count). The van der Waals surface area contributed by atoms with Gasteiger partial charge in [0.05, 0.1) is 11.0 Å². The zero-order valence-electron chi connectivity index (χ0n) is 8.75. The molecular formula is C11H13BrN2S. The third-order valence-electron chi connectivity index (χ3n) is 2.29. The summed E-state index contributed by atoms with van der Waals surface area (Å²) < 4.78 is 4.04. The third kappa shape index (κ3) is 2.16. The van der Waals surface area contributed by atoms with E-state index in [-0.39, 0.29) is 0 Å². The van der Waals surface area contributed by atoms with Gasteiger partial charge in [-0.05, 0) is 36.3 Å². The van der Waals surface area contributed by atoms with Crippen LogP contribution in [0.3, 0.4) is 0 Å². The first-order valence-electron chi connectivity index (χ1n) is 4.96. The lowest BCUT2D eigenvalue weighted by Gasteiger charge is -2.07. The molecule has 0 unspecified atom stereocenters. The van der Waals surface area contributed by atoms with E-state index in [9.17, 15) is 0 Å². The van der Waals surface area contributed by atoms with Crippen molar-refractivity contribution in [2.45, 2.75) is 20.4 Å². The van der Waals surface area contributed by atoms with Gasteiger partial charge in [-0.3, -0.25) is 0 Å². The van der Waals surface area contributed by atoms with E-state index in [4.69, 9.17) is 12.2 Å². The highest BCUT2D eigenvalue weighted by molar-refractivity contribution is 9.10. The number of rotatable bonds is 2. The number of hydrogen-bond donors (Lipinski definition) is 1. The maximum absolute atomic E-state index is 5.31. The monoisotopic (exact) mass is 284 g/mol. The van der Waals surface area contributed by atoms with Gasteiger partial charge in [-0.2, -0.15) is 0 Å². The molecule has 0 radical (unpaired) electrons. The Morgan fingerprint density at radius 1 is 1.47 bits per heavy atom. The van der Waals surface area contributed by atoms with Crippen molar-refractivity contribution < 1.29 is 0 Å². The number of fused-ring (bicyclic) bond motifs is 1. The van der Waals surface area contributed by atoms with Crippen LogP contribution in [-0.4, -0.2) is 9.55 Å². The summed E-state index contributed by atoms with van der Waals surface area (Å²) in [6.07, 6.45) is 0. The third-order valence-corrected chi connectivity index (χ3v) is 3.10. The minimum Gasteiger partial charge on any atom is -0.331 e. The van der Waals surface area contributed by atoms with Crippen LogP contribution in [0.5, 0.6) is 0 Å². The quantitative estimate of drug-likeness (QED) is 0.823. The molecule has 0 spiro atoms. The second kappa shape index (κ2) is 4.10. The van der Waals surface area contributed by atoms with E-state index in [0.717, 1.165) is 21.3 Å². The van der Waals surface area contributed by atoms with E-state index in [1.54, 1.807) is 0 Å². The van der Waals surface area contributed by atoms with Crippen LogP contribution >= 0.6 is 28.1 Å². The molecule has 15 heavy (non-hydrogen) atoms. The lowest BCUT2D eigenvalue weighted by molar-refractivity contribution is 0.529. The van der Waals surface area contributed by atoms with E-state index in [1.165, 1.54) is 5.52 Å². The Balaban J connectivity index is 2.65. The number of hydrogen-bond acceptors (Lipinski definition) is 1. The number of nitrogens with one attached hydrogen (secondary N) is 1. The van der Waals surface area contributed by atoms with Crippen molar-refractivity contribution in [3.63, 3.8) is 0 Å². The maximum Gasteiger partial charge on any atom is 0.178 e. The highest BCUT2D eigenvalue weighted by atomic mass is 79.9. The number of aromatic amines is 1. The molecule has 80 valence electrons. The number of nitrogens with zero attached hydrogens (tertiary/aromatic N) is 1. The Hall–Kier alpha value is -0.610. The molecule has 1 heterocycles. The van der Waals surface area contributed by atoms with Gasteiger partial charge in [0.15, 0.2) is 4.77 Å². The van der Waals surface area contributed by atoms with E-state index in [2.05, 4.69) is 45.4 Å². The van der Waals surface area contributed by atoms with E-state index < -0.39 is 0 Å². The second-order valence-electron chi connectivity index (χ2n) is 4.10. The SMILES string of the molecule is CC(C)Cn1c(=S)[nH]c2ccc(Br)cc21. The molecule has 2 nitrogen and oxygen atoms in total. The number of H-pyrrole nitrogens is 1. The highest BCUT2D eigenvalue weighted by Crippen LogP contribution is 2.20. The number of benzene rings is 1. The topological polar surface area (TPSA) is 20.7 Å². The van der Waals surface area contributed by atoms with Gasteiger partial charge in [0.1, 0.15) is 0 Å². The Morgan fingerprint density at radius 2 is 2.20 bits per heavy atom. The zero-order chi connectivity index (χ0) is 11.0. The smallest absolute Gasteiger partial charge is 0.178 e. The van der Waals surface area contributed by atoms with Crippen LogP contribution in [0.25, 0.3) is 11.0 Å². The van der Waals surface area contributed by atoms with Crippen molar-refractivity contribution in [1.82, 2.24) is 9.55 Å². The largest absolute Gasteiger partial charge is 0.331 e. The lowest BCUT2D eigenvalue weighted by atomic mass is 10.2. The van der Waals surface area contributed by atoms with Crippen LogP contribution in [0.1, 0.15) is 13.8 Å². The van der Waals surface area contributed by atoms with Crippen LogP contribution in [0.2, 0.25) is 0 Å². The average Bonchev–Trinajstić information content (AvgIpc) is 2.43. The van der Waals surface area contributed by atoms with Crippen molar-refractivity contribution in [2.24, 2.45) is 5.92 Å². The molecular weight excluding hydrogens is 272 g/mol. The summed E-state index contributed by atoms with van der Waals surface area (Å²) >= 11 is 8.79. The molecule has 1 N–H and O–H groups in total. The van der Waals surface area contributed by atoms with Crippen LogP contribution in [-0.2, 0) is 6.54 Å². The van der Waals surface area contributed by atoms with E-state index in [0.29, 0.717) is 5.92 Å². The predicted octanol–water partition coefficient (Wildman–Crippen LogP) is 4.12. The summed E-state index contributed by atoms with van der Waals surface area (Å²) in [5, 5.41) is 0. The molecule has 0 saturated heterocycles. The Kier molecular flexibility index (Phi) is 2.98. The molecule has 2 aromatic rings. The minimum absolute atomic E-state index is 0.592. The van der Waals surface area contributed by atoms with E-state index in [1.807, 2.05) is 12.1 Å². The molecule has 0 saturated carbocycles. The molecule has 1 aromatic heterocycles. The van der Waals surface area contributed by atoms with Crippen LogP contribution in [0.4, 0.5) is 0 Å². The van der Waals surface area contributed by atoms with Crippen molar-refractivity contribution in [3.05, 3.63) is 27.4 Å². The summed E-state index contributed by atoms with van der Waals surface area (Å²) in [7, 11) is 0. The Morgan fingerprint density at radius 3 is 2.87 bits per heavy atom. The van der Waals surface area contributed by atoms with Crippen molar-refractivity contribution in [3.8, 4) is 0 Å². The fraction of sp³-hybridized carbons (Fsp3) is 0.364. The fourth-order valence-corrected chi connectivity index (χ4v) is 2.30. The maximum atomic E-state index is 5.31. The molecule has 1 aromatic carbocycles. The highest BCUT2D eigenvalue weighted by Gasteiger charge is 2.05. The molecule has 0 aliphatic rings. The van der Waals surface area contributed by atoms with Crippen LogP contribution in [0, 0.1) is 10.7 Å². The molecule has 4 heteroatoms. The van der Waals surface area contributed by atoms with Crippen molar-refractivity contribution in [1.29, 1.82) is 0 Å². The van der Waals surface area contributed by atoms with Gasteiger partial charge in [-0.25, -0.2) is 0 Å². The van der Waals surface area contributed by atoms with Gasteiger partial charge in [0.2, 0.25) is 0 Å². The first-order chi connectivity index (χ1) is 7.08. The molecule has 0 bridgehead atoms. The van der Waals surface area contributed by atoms with Crippen LogP contribution in [0.15, 0.2) is 22.7 Å². The second-order valence-corrected chi connectivity index (χ2v) is 5.40. The van der Waals surface area contributed by atoms with Crippen molar-refractivity contribution >= 4 is 39.2 Å². The summed E-state index contributed by atoms with van der Waals surface area (Å²) in [4.78, 5) is 3.22. The summed E-state index contributed by atoms with van der Waals surface area (Å²) in [5.41, 5.74) is 2.27. The number of imidazole rings is 1. The average molecular weight is 285 g/mol. The molecule has 0 fully saturated rings. The van der Waals surface area contributed by atoms with Crippen molar-refractivity contribution in [2.75, 3.05) is 0 Å². The zero-order valence-corrected chi connectivity index (χ0v) is 11.2. The normalized spacial score (nSPS) is 11.5. The summed E-state index contributed by atoms with van der Waals surface area (Å²) in [5.74, 6) is 0.592. The lowest BCUT2D eigenvalue weighted by Crippen LogP contribution is -2.03. The van der Waals surface area contributed by atoms with Gasteiger partial charge in [-0.1, -0.05) is 29.8 Å². The summed E-state index contributed by atoms with van der Waals surface area (Å²) in [6, 6.07) is 6.17.